The summed E-state index contributed by atoms with van der Waals surface area (Å²) in [6, 6.07) is 7.18. The van der Waals surface area contributed by atoms with E-state index in [4.69, 9.17) is 9.47 Å². The Kier molecular flexibility index (Phi) is 6.96. The third-order valence-corrected chi connectivity index (χ3v) is 4.74. The average Bonchev–Trinajstić information content (AvgIpc) is 2.70. The first-order valence-corrected chi connectivity index (χ1v) is 9.17. The van der Waals surface area contributed by atoms with Crippen LogP contribution in [0.5, 0.6) is 0 Å². The number of likely N-dealkylation sites (N-methyl/N-ethyl adjacent to an activating group) is 2. The highest BCUT2D eigenvalue weighted by Crippen LogP contribution is 2.23. The number of hydrogen-bond acceptors (Lipinski definition) is 6. The van der Waals surface area contributed by atoms with Gasteiger partial charge in [0.05, 0.1) is 18.2 Å². The monoisotopic (exact) mass is 376 g/mol. The van der Waals surface area contributed by atoms with E-state index in [2.05, 4.69) is 0 Å². The average molecular weight is 376 g/mol. The van der Waals surface area contributed by atoms with Crippen LogP contribution in [-0.4, -0.2) is 73.1 Å². The SMILES string of the molecule is CCOC(=O)[C@H]1[C@H](OC(=O)c2ccccc2)CN(C)[C@@H](C(C)C)C(=O)N1C. The van der Waals surface area contributed by atoms with Crippen LogP contribution in [0.1, 0.15) is 31.1 Å². The highest BCUT2D eigenvalue weighted by molar-refractivity contribution is 5.91. The Bertz CT molecular complexity index is 676. The van der Waals surface area contributed by atoms with Gasteiger partial charge in [0.2, 0.25) is 5.91 Å². The molecule has 0 aromatic heterocycles. The van der Waals surface area contributed by atoms with Gasteiger partial charge < -0.3 is 14.4 Å². The maximum atomic E-state index is 13.0. The summed E-state index contributed by atoms with van der Waals surface area (Å²) < 4.78 is 10.8. The normalized spacial score (nSPS) is 23.9. The molecule has 0 unspecified atom stereocenters. The predicted octanol–water partition coefficient (Wildman–Crippen LogP) is 1.57. The standard InChI is InChI=1S/C20H28N2O5/c1-6-26-20(25)17-15(27-19(24)14-10-8-7-9-11-14)12-21(4)16(13(2)3)18(23)22(17)5/h7-11,13,15-17H,6,12H2,1-5H3/t15-,16+,17-/m1/s1. The van der Waals surface area contributed by atoms with E-state index in [-0.39, 0.29) is 25.0 Å². The van der Waals surface area contributed by atoms with E-state index in [0.717, 1.165) is 0 Å². The molecule has 1 heterocycles. The van der Waals surface area contributed by atoms with Crippen LogP contribution in [0.2, 0.25) is 0 Å². The van der Waals surface area contributed by atoms with Gasteiger partial charge in [-0.1, -0.05) is 32.0 Å². The Labute approximate surface area is 160 Å². The molecule has 0 bridgehead atoms. The van der Waals surface area contributed by atoms with Gasteiger partial charge in [-0.3, -0.25) is 9.69 Å². The molecule has 0 aliphatic carbocycles. The van der Waals surface area contributed by atoms with E-state index in [1.807, 2.05) is 18.7 Å². The maximum Gasteiger partial charge on any atom is 0.338 e. The minimum atomic E-state index is -0.990. The first kappa shape index (κ1) is 20.9. The minimum absolute atomic E-state index is 0.0383. The zero-order valence-electron chi connectivity index (χ0n) is 16.5. The molecule has 1 aliphatic rings. The number of nitrogens with zero attached hydrogens (tertiary/aromatic N) is 2. The molecule has 0 spiro atoms. The summed E-state index contributed by atoms with van der Waals surface area (Å²) in [5.41, 5.74) is 0.390. The van der Waals surface area contributed by atoms with Crippen molar-refractivity contribution in [3.63, 3.8) is 0 Å². The highest BCUT2D eigenvalue weighted by atomic mass is 16.6. The van der Waals surface area contributed by atoms with Gasteiger partial charge in [0.25, 0.3) is 0 Å². The molecule has 7 nitrogen and oxygen atoms in total. The first-order valence-electron chi connectivity index (χ1n) is 9.17. The lowest BCUT2D eigenvalue weighted by Gasteiger charge is -2.30. The Hall–Kier alpha value is -2.41. The van der Waals surface area contributed by atoms with Crippen LogP contribution >= 0.6 is 0 Å². The van der Waals surface area contributed by atoms with Crippen LogP contribution in [0.15, 0.2) is 30.3 Å². The van der Waals surface area contributed by atoms with Gasteiger partial charge in [-0.25, -0.2) is 9.59 Å². The largest absolute Gasteiger partial charge is 0.464 e. The zero-order chi connectivity index (χ0) is 20.1. The van der Waals surface area contributed by atoms with E-state index in [0.29, 0.717) is 5.56 Å². The van der Waals surface area contributed by atoms with Crippen molar-refractivity contribution in [2.24, 2.45) is 5.92 Å². The van der Waals surface area contributed by atoms with Crippen LogP contribution in [-0.2, 0) is 19.1 Å². The van der Waals surface area contributed by atoms with Crippen LogP contribution in [0, 0.1) is 5.92 Å². The molecule has 1 aliphatic heterocycles. The summed E-state index contributed by atoms with van der Waals surface area (Å²) in [5.74, 6) is -1.26. The van der Waals surface area contributed by atoms with Gasteiger partial charge in [0, 0.05) is 13.6 Å². The number of carbonyl (C=O) groups excluding carboxylic acids is 3. The van der Waals surface area contributed by atoms with Gasteiger partial charge in [-0.15, -0.1) is 0 Å². The van der Waals surface area contributed by atoms with Gasteiger partial charge in [0.1, 0.15) is 6.10 Å². The second kappa shape index (κ2) is 8.99. The lowest BCUT2D eigenvalue weighted by Crippen LogP contribution is -2.52. The molecule has 3 atom stereocenters. The number of esters is 2. The number of amides is 1. The van der Waals surface area contributed by atoms with Crippen molar-refractivity contribution in [1.82, 2.24) is 9.80 Å². The number of benzene rings is 1. The topological polar surface area (TPSA) is 76.1 Å². The Morgan fingerprint density at radius 3 is 2.37 bits per heavy atom. The van der Waals surface area contributed by atoms with Gasteiger partial charge in [0.15, 0.2) is 6.04 Å². The van der Waals surface area contributed by atoms with Crippen molar-refractivity contribution in [3.8, 4) is 0 Å². The van der Waals surface area contributed by atoms with Crippen LogP contribution in [0.4, 0.5) is 0 Å². The van der Waals surface area contributed by atoms with Crippen molar-refractivity contribution >= 4 is 17.8 Å². The van der Waals surface area contributed by atoms with E-state index in [1.54, 1.807) is 51.4 Å². The van der Waals surface area contributed by atoms with Crippen LogP contribution < -0.4 is 0 Å². The second-order valence-corrected chi connectivity index (χ2v) is 7.08. The fraction of sp³-hybridized carbons (Fsp3) is 0.550. The molecule has 148 valence electrons. The quantitative estimate of drug-likeness (QED) is 0.726. The molecule has 1 amide bonds. The molecular formula is C20H28N2O5. The summed E-state index contributed by atoms with van der Waals surface area (Å²) in [7, 11) is 3.36. The summed E-state index contributed by atoms with van der Waals surface area (Å²) in [5, 5.41) is 0. The highest BCUT2D eigenvalue weighted by Gasteiger charge is 2.46. The number of rotatable bonds is 5. The lowest BCUT2D eigenvalue weighted by molar-refractivity contribution is -0.158. The second-order valence-electron chi connectivity index (χ2n) is 7.08. The molecule has 0 saturated carbocycles. The van der Waals surface area contributed by atoms with Gasteiger partial charge in [-0.05, 0) is 32.0 Å². The van der Waals surface area contributed by atoms with E-state index in [1.165, 1.54) is 4.90 Å². The van der Waals surface area contributed by atoms with Crippen molar-refractivity contribution in [1.29, 1.82) is 0 Å². The third kappa shape index (κ3) is 4.66. The van der Waals surface area contributed by atoms with Crippen molar-refractivity contribution < 1.29 is 23.9 Å². The molecule has 7 heteroatoms. The minimum Gasteiger partial charge on any atom is -0.464 e. The Balaban J connectivity index is 2.35. The lowest BCUT2D eigenvalue weighted by atomic mass is 10.0. The molecule has 1 aromatic rings. The van der Waals surface area contributed by atoms with Crippen LogP contribution in [0.3, 0.4) is 0 Å². The predicted molar refractivity (Wildman–Crippen MR) is 100 cm³/mol. The first-order chi connectivity index (χ1) is 12.8. The molecule has 1 fully saturated rings. The number of carbonyl (C=O) groups is 3. The molecule has 0 N–H and O–H groups in total. The maximum absolute atomic E-state index is 13.0. The van der Waals surface area contributed by atoms with Crippen molar-refractivity contribution in [3.05, 3.63) is 35.9 Å². The Morgan fingerprint density at radius 2 is 1.81 bits per heavy atom. The molecule has 27 heavy (non-hydrogen) atoms. The number of ether oxygens (including phenoxy) is 2. The molecule has 0 radical (unpaired) electrons. The molecule has 1 aromatic carbocycles. The number of hydrogen-bond donors (Lipinski definition) is 0. The molecular weight excluding hydrogens is 348 g/mol. The fourth-order valence-electron chi connectivity index (χ4n) is 3.49. The van der Waals surface area contributed by atoms with Crippen molar-refractivity contribution in [2.75, 3.05) is 27.2 Å². The Morgan fingerprint density at radius 1 is 1.19 bits per heavy atom. The summed E-state index contributed by atoms with van der Waals surface area (Å²) in [6.45, 7) is 6.02. The smallest absolute Gasteiger partial charge is 0.338 e. The molecule has 1 saturated heterocycles. The summed E-state index contributed by atoms with van der Waals surface area (Å²) in [4.78, 5) is 41.3. The molecule has 2 rings (SSSR count). The fourth-order valence-corrected chi connectivity index (χ4v) is 3.49. The van der Waals surface area contributed by atoms with Gasteiger partial charge >= 0.3 is 11.9 Å². The van der Waals surface area contributed by atoms with E-state index in [9.17, 15) is 14.4 Å². The summed E-state index contributed by atoms with van der Waals surface area (Å²) in [6.07, 6.45) is -0.834. The van der Waals surface area contributed by atoms with E-state index < -0.39 is 30.1 Å². The van der Waals surface area contributed by atoms with Gasteiger partial charge in [-0.2, -0.15) is 0 Å². The third-order valence-electron chi connectivity index (χ3n) is 4.74. The summed E-state index contributed by atoms with van der Waals surface area (Å²) >= 11 is 0. The van der Waals surface area contributed by atoms with E-state index >= 15 is 0 Å². The van der Waals surface area contributed by atoms with Crippen molar-refractivity contribution in [2.45, 2.75) is 39.0 Å². The van der Waals surface area contributed by atoms with Crippen LogP contribution in [0.25, 0.3) is 0 Å². The zero-order valence-corrected chi connectivity index (χ0v) is 16.5.